The molecular weight excluding hydrogens is 377 g/mol. The molecule has 0 spiro atoms. The van der Waals surface area contributed by atoms with Gasteiger partial charge in [0.1, 0.15) is 5.82 Å². The molecule has 1 heterocycles. The van der Waals surface area contributed by atoms with Crippen LogP contribution in [0.1, 0.15) is 28.5 Å². The van der Waals surface area contributed by atoms with Gasteiger partial charge >= 0.3 is 5.97 Å². The maximum atomic E-state index is 13.2. The van der Waals surface area contributed by atoms with E-state index >= 15 is 0 Å². The summed E-state index contributed by atoms with van der Waals surface area (Å²) < 4.78 is 18.3. The number of carbonyl (C=O) groups excluding carboxylic acids is 2. The molecule has 3 aromatic rings. The number of hydrogen-bond acceptors (Lipinski definition) is 4. The van der Waals surface area contributed by atoms with Crippen LogP contribution in [0, 0.1) is 5.82 Å². The zero-order valence-corrected chi connectivity index (χ0v) is 16.0. The molecule has 144 valence electrons. The van der Waals surface area contributed by atoms with Crippen LogP contribution in [0.15, 0.2) is 72.1 Å². The molecule has 0 saturated carbocycles. The van der Waals surface area contributed by atoms with Crippen molar-refractivity contribution >= 4 is 23.2 Å². The lowest BCUT2D eigenvalue weighted by atomic mass is 10.1. The van der Waals surface area contributed by atoms with Gasteiger partial charge in [0.15, 0.2) is 6.61 Å². The monoisotopic (exact) mass is 397 g/mol. The van der Waals surface area contributed by atoms with Crippen LogP contribution >= 0.6 is 11.3 Å². The molecular formula is C22H20FNO3S. The van der Waals surface area contributed by atoms with E-state index < -0.39 is 17.9 Å². The topological polar surface area (TPSA) is 55.4 Å². The lowest BCUT2D eigenvalue weighted by molar-refractivity contribution is -0.148. The number of esters is 1. The van der Waals surface area contributed by atoms with Gasteiger partial charge in [-0.3, -0.25) is 9.59 Å². The minimum atomic E-state index is -0.423. The predicted octanol–water partition coefficient (Wildman–Crippen LogP) is 4.27. The molecule has 6 heteroatoms. The maximum Gasteiger partial charge on any atom is 0.306 e. The van der Waals surface area contributed by atoms with Crippen molar-refractivity contribution in [1.82, 2.24) is 5.32 Å². The van der Waals surface area contributed by atoms with Gasteiger partial charge in [-0.25, -0.2) is 4.39 Å². The normalized spacial score (nSPS) is 11.6. The fourth-order valence-electron chi connectivity index (χ4n) is 2.74. The van der Waals surface area contributed by atoms with Gasteiger partial charge in [0, 0.05) is 11.3 Å². The molecule has 0 saturated heterocycles. The van der Waals surface area contributed by atoms with E-state index in [0.717, 1.165) is 16.0 Å². The molecule has 1 unspecified atom stereocenters. The number of aryl methyl sites for hydroxylation is 1. The third-order valence-electron chi connectivity index (χ3n) is 4.16. The van der Waals surface area contributed by atoms with Crippen molar-refractivity contribution < 1.29 is 18.7 Å². The number of hydrogen-bond donors (Lipinski definition) is 1. The summed E-state index contributed by atoms with van der Waals surface area (Å²) in [6.07, 6.45) is 0.776. The minimum Gasteiger partial charge on any atom is -0.456 e. The van der Waals surface area contributed by atoms with Crippen LogP contribution in [0.25, 0.3) is 0 Å². The van der Waals surface area contributed by atoms with Gasteiger partial charge in [0.2, 0.25) is 0 Å². The zero-order valence-electron chi connectivity index (χ0n) is 15.1. The molecule has 3 rings (SSSR count). The van der Waals surface area contributed by atoms with Crippen molar-refractivity contribution in [2.45, 2.75) is 18.9 Å². The highest BCUT2D eigenvalue weighted by atomic mass is 32.1. The number of ether oxygens (including phenoxy) is 1. The third-order valence-corrected chi connectivity index (χ3v) is 5.10. The first-order valence-electron chi connectivity index (χ1n) is 8.89. The molecule has 1 atom stereocenters. The van der Waals surface area contributed by atoms with E-state index in [2.05, 4.69) is 5.32 Å². The van der Waals surface area contributed by atoms with Crippen molar-refractivity contribution in [1.29, 1.82) is 0 Å². The van der Waals surface area contributed by atoms with Crippen LogP contribution in [-0.2, 0) is 20.7 Å². The zero-order chi connectivity index (χ0) is 19.8. The average molecular weight is 397 g/mol. The highest BCUT2D eigenvalue weighted by molar-refractivity contribution is 7.10. The smallest absolute Gasteiger partial charge is 0.306 e. The predicted molar refractivity (Wildman–Crippen MR) is 106 cm³/mol. The van der Waals surface area contributed by atoms with E-state index in [9.17, 15) is 14.0 Å². The lowest BCUT2D eigenvalue weighted by Gasteiger charge is -2.18. The third kappa shape index (κ3) is 5.76. The standard InChI is InChI=1S/C22H20FNO3S/c23-18-11-9-17(10-12-18)22(19-7-4-14-28-19)24-20(25)15-27-21(26)13-8-16-5-2-1-3-6-16/h1-7,9-12,14,22H,8,13,15H2,(H,24,25). The molecule has 0 radical (unpaired) electrons. The van der Waals surface area contributed by atoms with Gasteiger partial charge in [-0.2, -0.15) is 0 Å². The van der Waals surface area contributed by atoms with Crippen molar-refractivity contribution in [2.24, 2.45) is 0 Å². The van der Waals surface area contributed by atoms with Crippen LogP contribution in [0.5, 0.6) is 0 Å². The largest absolute Gasteiger partial charge is 0.456 e. The number of carbonyl (C=O) groups is 2. The minimum absolute atomic E-state index is 0.212. The van der Waals surface area contributed by atoms with Gasteiger partial charge < -0.3 is 10.1 Å². The molecule has 0 bridgehead atoms. The van der Waals surface area contributed by atoms with Crippen LogP contribution < -0.4 is 5.32 Å². The Kier molecular flexibility index (Phi) is 6.92. The molecule has 4 nitrogen and oxygen atoms in total. The van der Waals surface area contributed by atoms with E-state index in [1.807, 2.05) is 47.8 Å². The molecule has 2 aromatic carbocycles. The Morgan fingerprint density at radius 3 is 2.43 bits per heavy atom. The first-order valence-corrected chi connectivity index (χ1v) is 9.77. The summed E-state index contributed by atoms with van der Waals surface area (Å²) in [5.74, 6) is -1.17. The second-order valence-corrected chi connectivity index (χ2v) is 7.19. The Hall–Kier alpha value is -2.99. The van der Waals surface area contributed by atoms with E-state index in [1.165, 1.54) is 23.5 Å². The van der Waals surface area contributed by atoms with Crippen LogP contribution in [0.3, 0.4) is 0 Å². The Balaban J connectivity index is 1.54. The van der Waals surface area contributed by atoms with Gasteiger partial charge in [0.05, 0.1) is 6.04 Å². The number of thiophene rings is 1. The van der Waals surface area contributed by atoms with Gasteiger partial charge in [-0.05, 0) is 41.1 Å². The highest BCUT2D eigenvalue weighted by Gasteiger charge is 2.19. The summed E-state index contributed by atoms with van der Waals surface area (Å²) in [6.45, 7) is -0.351. The Bertz CT molecular complexity index is 895. The van der Waals surface area contributed by atoms with E-state index in [0.29, 0.717) is 6.42 Å². The van der Waals surface area contributed by atoms with Gasteiger partial charge in [0.25, 0.3) is 5.91 Å². The summed E-state index contributed by atoms with van der Waals surface area (Å²) in [6, 6.07) is 18.9. The fourth-order valence-corrected chi connectivity index (χ4v) is 3.54. The quantitative estimate of drug-likeness (QED) is 0.578. The molecule has 1 amide bonds. The molecule has 1 aromatic heterocycles. The molecule has 0 aliphatic carbocycles. The Morgan fingerprint density at radius 1 is 1.00 bits per heavy atom. The van der Waals surface area contributed by atoms with Crippen molar-refractivity contribution in [2.75, 3.05) is 6.61 Å². The SMILES string of the molecule is O=C(COC(=O)CCc1ccccc1)NC(c1ccc(F)cc1)c1cccs1. The first kappa shape index (κ1) is 19.8. The summed E-state index contributed by atoms with van der Waals surface area (Å²) in [5, 5.41) is 4.76. The average Bonchev–Trinajstić information content (AvgIpc) is 3.25. The number of nitrogens with one attached hydrogen (secondary N) is 1. The molecule has 1 N–H and O–H groups in total. The summed E-state index contributed by atoms with van der Waals surface area (Å²) >= 11 is 1.49. The molecule has 0 fully saturated rings. The van der Waals surface area contributed by atoms with Gasteiger partial charge in [-0.15, -0.1) is 11.3 Å². The summed E-state index contributed by atoms with van der Waals surface area (Å²) in [4.78, 5) is 25.1. The Labute approximate surface area is 167 Å². The van der Waals surface area contributed by atoms with Crippen LogP contribution in [-0.4, -0.2) is 18.5 Å². The number of halogens is 1. The van der Waals surface area contributed by atoms with Crippen molar-refractivity contribution in [3.63, 3.8) is 0 Å². The second-order valence-electron chi connectivity index (χ2n) is 6.21. The Morgan fingerprint density at radius 2 is 1.75 bits per heavy atom. The summed E-state index contributed by atoms with van der Waals surface area (Å²) in [5.41, 5.74) is 1.80. The number of rotatable bonds is 8. The van der Waals surface area contributed by atoms with E-state index in [1.54, 1.807) is 12.1 Å². The number of amides is 1. The molecule has 0 aliphatic rings. The second kappa shape index (κ2) is 9.80. The lowest BCUT2D eigenvalue weighted by Crippen LogP contribution is -2.32. The first-order chi connectivity index (χ1) is 13.6. The molecule has 28 heavy (non-hydrogen) atoms. The van der Waals surface area contributed by atoms with Crippen LogP contribution in [0.4, 0.5) is 4.39 Å². The highest BCUT2D eigenvalue weighted by Crippen LogP contribution is 2.26. The van der Waals surface area contributed by atoms with Crippen molar-refractivity contribution in [3.8, 4) is 0 Å². The van der Waals surface area contributed by atoms with Crippen molar-refractivity contribution in [3.05, 3.63) is 93.9 Å². The van der Waals surface area contributed by atoms with E-state index in [-0.39, 0.29) is 18.8 Å². The van der Waals surface area contributed by atoms with E-state index in [4.69, 9.17) is 4.74 Å². The van der Waals surface area contributed by atoms with Crippen LogP contribution in [0.2, 0.25) is 0 Å². The summed E-state index contributed by atoms with van der Waals surface area (Å²) in [7, 11) is 0. The number of benzene rings is 2. The fraction of sp³-hybridized carbons (Fsp3) is 0.182. The molecule has 0 aliphatic heterocycles. The maximum absolute atomic E-state index is 13.2. The van der Waals surface area contributed by atoms with Gasteiger partial charge in [-0.1, -0.05) is 48.5 Å².